The smallest absolute Gasteiger partial charge is 0.134 e. The van der Waals surface area contributed by atoms with Gasteiger partial charge in [-0.3, -0.25) is 9.59 Å². The molecular weight excluding hydrogens is 368 g/mol. The molecule has 0 spiro atoms. The summed E-state index contributed by atoms with van der Waals surface area (Å²) in [5, 5.41) is 0.456. The van der Waals surface area contributed by atoms with E-state index in [1.165, 1.54) is 0 Å². The first-order valence-electron chi connectivity index (χ1n) is 6.56. The third kappa shape index (κ3) is 8.00. The second kappa shape index (κ2) is 9.43. The molecule has 0 aliphatic rings. The summed E-state index contributed by atoms with van der Waals surface area (Å²) in [6.45, 7) is 3.12. The molecule has 0 aromatic carbocycles. The van der Waals surface area contributed by atoms with Crippen molar-refractivity contribution in [3.05, 3.63) is 57.5 Å². The summed E-state index contributed by atoms with van der Waals surface area (Å²) in [6.07, 6.45) is 4.22. The standard InChI is InChI=1S/C8H8BrNO.C8H8ClNO/c2*1-6(11)4-7-2-3-8(9)10-5-7/h2*2-3,5H,4H2,1H3. The van der Waals surface area contributed by atoms with Crippen LogP contribution in [0.5, 0.6) is 0 Å². The van der Waals surface area contributed by atoms with Crippen molar-refractivity contribution >= 4 is 39.1 Å². The first-order chi connectivity index (χ1) is 10.4. The van der Waals surface area contributed by atoms with Gasteiger partial charge in [-0.1, -0.05) is 23.7 Å². The Morgan fingerprint density at radius 1 is 0.955 bits per heavy atom. The molecule has 2 aromatic heterocycles. The topological polar surface area (TPSA) is 59.9 Å². The van der Waals surface area contributed by atoms with Gasteiger partial charge in [0.25, 0.3) is 0 Å². The fourth-order valence-electron chi connectivity index (χ4n) is 1.60. The van der Waals surface area contributed by atoms with Gasteiger partial charge < -0.3 is 0 Å². The van der Waals surface area contributed by atoms with Crippen LogP contribution >= 0.6 is 27.5 Å². The molecule has 0 saturated heterocycles. The summed E-state index contributed by atoms with van der Waals surface area (Å²) < 4.78 is 0.796. The third-order valence-corrected chi connectivity index (χ3v) is 3.18. The number of aromatic nitrogens is 2. The predicted octanol–water partition coefficient (Wildman–Crippen LogP) is 3.84. The maximum atomic E-state index is 10.7. The summed E-state index contributed by atoms with van der Waals surface area (Å²) in [6, 6.07) is 7.20. The summed E-state index contributed by atoms with van der Waals surface area (Å²) in [7, 11) is 0. The van der Waals surface area contributed by atoms with Crippen molar-refractivity contribution in [2.75, 3.05) is 0 Å². The molecular formula is C16H16BrClN2O2. The average Bonchev–Trinajstić information content (AvgIpc) is 2.44. The first kappa shape index (κ1) is 18.5. The Labute approximate surface area is 143 Å². The lowest BCUT2D eigenvalue weighted by molar-refractivity contribution is -0.117. The largest absolute Gasteiger partial charge is 0.300 e. The fourth-order valence-corrected chi connectivity index (χ4v) is 1.94. The molecule has 0 aliphatic heterocycles. The minimum absolute atomic E-state index is 0.133. The van der Waals surface area contributed by atoms with E-state index in [2.05, 4.69) is 25.9 Å². The van der Waals surface area contributed by atoms with Gasteiger partial charge in [0, 0.05) is 25.2 Å². The quantitative estimate of drug-likeness (QED) is 0.753. The van der Waals surface area contributed by atoms with Gasteiger partial charge in [-0.2, -0.15) is 0 Å². The van der Waals surface area contributed by atoms with E-state index in [-0.39, 0.29) is 11.6 Å². The Morgan fingerprint density at radius 2 is 1.45 bits per heavy atom. The zero-order valence-electron chi connectivity index (χ0n) is 12.3. The molecule has 0 amide bonds. The van der Waals surface area contributed by atoms with Crippen LogP contribution in [0.4, 0.5) is 0 Å². The van der Waals surface area contributed by atoms with Crippen LogP contribution in [0.1, 0.15) is 25.0 Å². The molecule has 0 fully saturated rings. The second-order valence-electron chi connectivity index (χ2n) is 4.74. The van der Waals surface area contributed by atoms with Crippen LogP contribution in [0, 0.1) is 0 Å². The lowest BCUT2D eigenvalue weighted by atomic mass is 10.2. The average molecular weight is 384 g/mol. The van der Waals surface area contributed by atoms with Crippen LogP contribution < -0.4 is 0 Å². The third-order valence-electron chi connectivity index (χ3n) is 2.48. The van der Waals surface area contributed by atoms with E-state index in [1.54, 1.807) is 38.4 Å². The summed E-state index contributed by atoms with van der Waals surface area (Å²) in [4.78, 5) is 29.1. The molecule has 6 heteroatoms. The number of rotatable bonds is 4. The molecule has 2 aromatic rings. The van der Waals surface area contributed by atoms with Gasteiger partial charge in [-0.15, -0.1) is 0 Å². The van der Waals surface area contributed by atoms with Crippen LogP contribution in [0.25, 0.3) is 0 Å². The maximum absolute atomic E-state index is 10.7. The number of ketones is 2. The number of carbonyl (C=O) groups excluding carboxylic acids is 2. The summed E-state index contributed by atoms with van der Waals surface area (Å²) in [5.74, 6) is 0.295. The highest BCUT2D eigenvalue weighted by molar-refractivity contribution is 9.10. The van der Waals surface area contributed by atoms with Crippen LogP contribution in [-0.4, -0.2) is 21.5 Å². The molecule has 2 heterocycles. The maximum Gasteiger partial charge on any atom is 0.134 e. The minimum atomic E-state index is 0.133. The number of hydrogen-bond acceptors (Lipinski definition) is 4. The van der Waals surface area contributed by atoms with Crippen LogP contribution in [0.15, 0.2) is 41.3 Å². The molecule has 4 nitrogen and oxygen atoms in total. The number of hydrogen-bond donors (Lipinski definition) is 0. The monoisotopic (exact) mass is 382 g/mol. The van der Waals surface area contributed by atoms with E-state index in [4.69, 9.17) is 11.6 Å². The van der Waals surface area contributed by atoms with Crippen molar-refractivity contribution in [1.82, 2.24) is 9.97 Å². The number of halogens is 2. The van der Waals surface area contributed by atoms with Crippen molar-refractivity contribution in [2.45, 2.75) is 26.7 Å². The molecule has 0 radical (unpaired) electrons. The van der Waals surface area contributed by atoms with Gasteiger partial charge in [0.05, 0.1) is 0 Å². The number of pyridine rings is 2. The highest BCUT2D eigenvalue weighted by atomic mass is 79.9. The van der Waals surface area contributed by atoms with Crippen LogP contribution in [0.2, 0.25) is 5.15 Å². The van der Waals surface area contributed by atoms with Crippen molar-refractivity contribution in [1.29, 1.82) is 0 Å². The molecule has 116 valence electrons. The van der Waals surface area contributed by atoms with E-state index >= 15 is 0 Å². The van der Waals surface area contributed by atoms with Crippen molar-refractivity contribution < 1.29 is 9.59 Å². The molecule has 0 atom stereocenters. The fraction of sp³-hybridized carbons (Fsp3) is 0.250. The van der Waals surface area contributed by atoms with E-state index < -0.39 is 0 Å². The molecule has 0 N–H and O–H groups in total. The van der Waals surface area contributed by atoms with Gasteiger partial charge in [-0.05, 0) is 53.0 Å². The van der Waals surface area contributed by atoms with Gasteiger partial charge in [0.15, 0.2) is 0 Å². The molecule has 22 heavy (non-hydrogen) atoms. The molecule has 0 saturated carbocycles. The van der Waals surface area contributed by atoms with Crippen molar-refractivity contribution in [3.63, 3.8) is 0 Å². The number of carbonyl (C=O) groups is 2. The van der Waals surface area contributed by atoms with E-state index in [0.717, 1.165) is 15.7 Å². The Hall–Kier alpha value is -1.59. The lowest BCUT2D eigenvalue weighted by Gasteiger charge is -1.95. The second-order valence-corrected chi connectivity index (χ2v) is 5.94. The molecule has 0 bridgehead atoms. The normalized spacial score (nSPS) is 9.64. The number of nitrogens with zero attached hydrogens (tertiary/aromatic N) is 2. The Morgan fingerprint density at radius 3 is 1.82 bits per heavy atom. The van der Waals surface area contributed by atoms with Crippen LogP contribution in [0.3, 0.4) is 0 Å². The SMILES string of the molecule is CC(=O)Cc1ccc(Br)nc1.CC(=O)Cc1ccc(Cl)nc1. The van der Waals surface area contributed by atoms with Gasteiger partial charge in [0.2, 0.25) is 0 Å². The summed E-state index contributed by atoms with van der Waals surface area (Å²) >= 11 is 8.77. The number of Topliss-reactive ketones (excluding diaryl/α,β-unsaturated/α-hetero) is 2. The molecule has 0 aliphatic carbocycles. The van der Waals surface area contributed by atoms with Crippen molar-refractivity contribution in [3.8, 4) is 0 Å². The van der Waals surface area contributed by atoms with Crippen LogP contribution in [-0.2, 0) is 22.4 Å². The van der Waals surface area contributed by atoms with Gasteiger partial charge in [0.1, 0.15) is 21.3 Å². The van der Waals surface area contributed by atoms with Gasteiger partial charge in [-0.25, -0.2) is 9.97 Å². The highest BCUT2D eigenvalue weighted by Gasteiger charge is 1.97. The Kier molecular flexibility index (Phi) is 7.91. The first-order valence-corrected chi connectivity index (χ1v) is 7.73. The Bertz CT molecular complexity index is 570. The Balaban J connectivity index is 0.000000220. The predicted molar refractivity (Wildman–Crippen MR) is 90.0 cm³/mol. The van der Waals surface area contributed by atoms with E-state index in [0.29, 0.717) is 18.0 Å². The molecule has 2 rings (SSSR count). The van der Waals surface area contributed by atoms with E-state index in [9.17, 15) is 9.59 Å². The van der Waals surface area contributed by atoms with Gasteiger partial charge >= 0.3 is 0 Å². The highest BCUT2D eigenvalue weighted by Crippen LogP contribution is 2.07. The lowest BCUT2D eigenvalue weighted by Crippen LogP contribution is -1.96. The molecule has 0 unspecified atom stereocenters. The zero-order valence-corrected chi connectivity index (χ0v) is 14.7. The summed E-state index contributed by atoms with van der Waals surface area (Å²) in [5.41, 5.74) is 1.86. The van der Waals surface area contributed by atoms with E-state index in [1.807, 2.05) is 12.1 Å². The zero-order chi connectivity index (χ0) is 16.5. The minimum Gasteiger partial charge on any atom is -0.300 e. The van der Waals surface area contributed by atoms with Crippen molar-refractivity contribution in [2.24, 2.45) is 0 Å².